The number of aromatic nitrogens is 2. The number of thioether (sulfide) groups is 1. The van der Waals surface area contributed by atoms with Gasteiger partial charge in [-0.05, 0) is 6.26 Å². The van der Waals surface area contributed by atoms with Gasteiger partial charge in [0.2, 0.25) is 5.88 Å². The summed E-state index contributed by atoms with van der Waals surface area (Å²) in [7, 11) is 0. The topological polar surface area (TPSA) is 69.8 Å². The highest BCUT2D eigenvalue weighted by Crippen LogP contribution is 2.27. The summed E-state index contributed by atoms with van der Waals surface area (Å²) >= 11 is 1.31. The van der Waals surface area contributed by atoms with Gasteiger partial charge in [0.15, 0.2) is 5.82 Å². The van der Waals surface area contributed by atoms with Gasteiger partial charge in [0.05, 0.1) is 0 Å². The first-order valence-corrected chi connectivity index (χ1v) is 6.09. The molecule has 2 rings (SSSR count). The average molecular weight is 243 g/mol. The van der Waals surface area contributed by atoms with E-state index in [0.717, 1.165) is 5.56 Å². The van der Waals surface area contributed by atoms with Crippen molar-refractivity contribution in [2.45, 2.75) is 5.03 Å². The number of hydrogen-bond donors (Lipinski definition) is 1. The molecule has 17 heavy (non-hydrogen) atoms. The third-order valence-electron chi connectivity index (χ3n) is 2.19. The lowest BCUT2D eigenvalue weighted by Gasteiger charge is -2.05. The SMILES string of the molecule is CSc1nc(-c2ccccc2)nc(O)c1C#N. The first-order valence-electron chi connectivity index (χ1n) is 4.86. The van der Waals surface area contributed by atoms with Crippen LogP contribution in [0, 0.1) is 11.3 Å². The van der Waals surface area contributed by atoms with Gasteiger partial charge in [0.25, 0.3) is 0 Å². The van der Waals surface area contributed by atoms with Crippen molar-refractivity contribution >= 4 is 11.8 Å². The Bertz CT molecular complexity index is 578. The highest BCUT2D eigenvalue weighted by Gasteiger charge is 2.13. The van der Waals surface area contributed by atoms with Gasteiger partial charge in [-0.25, -0.2) is 4.98 Å². The van der Waals surface area contributed by atoms with Crippen LogP contribution in [0.5, 0.6) is 5.88 Å². The fourth-order valence-electron chi connectivity index (χ4n) is 1.39. The van der Waals surface area contributed by atoms with Crippen molar-refractivity contribution in [1.29, 1.82) is 5.26 Å². The second-order valence-electron chi connectivity index (χ2n) is 3.23. The molecule has 0 bridgehead atoms. The predicted octanol–water partition coefficient (Wildman–Crippen LogP) is 2.44. The van der Waals surface area contributed by atoms with Gasteiger partial charge in [-0.15, -0.1) is 11.8 Å². The van der Waals surface area contributed by atoms with E-state index in [-0.39, 0.29) is 11.4 Å². The lowest BCUT2D eigenvalue weighted by molar-refractivity contribution is 0.448. The largest absolute Gasteiger partial charge is 0.492 e. The highest BCUT2D eigenvalue weighted by molar-refractivity contribution is 7.98. The van der Waals surface area contributed by atoms with Crippen LogP contribution in [0.4, 0.5) is 0 Å². The zero-order chi connectivity index (χ0) is 12.3. The quantitative estimate of drug-likeness (QED) is 0.648. The number of aromatic hydroxyl groups is 1. The van der Waals surface area contributed by atoms with Crippen molar-refractivity contribution in [3.05, 3.63) is 35.9 Å². The molecular weight excluding hydrogens is 234 g/mol. The second-order valence-corrected chi connectivity index (χ2v) is 4.03. The Labute approximate surface area is 103 Å². The van der Waals surface area contributed by atoms with E-state index in [9.17, 15) is 5.11 Å². The maximum Gasteiger partial charge on any atom is 0.234 e. The molecule has 0 spiro atoms. The van der Waals surface area contributed by atoms with Gasteiger partial charge < -0.3 is 5.11 Å². The van der Waals surface area contributed by atoms with Crippen molar-refractivity contribution in [2.75, 3.05) is 6.26 Å². The third-order valence-corrected chi connectivity index (χ3v) is 2.88. The number of benzene rings is 1. The molecule has 0 fully saturated rings. The van der Waals surface area contributed by atoms with E-state index in [4.69, 9.17) is 5.26 Å². The summed E-state index contributed by atoms with van der Waals surface area (Å²) in [6, 6.07) is 11.2. The molecule has 0 aliphatic rings. The third kappa shape index (κ3) is 2.22. The van der Waals surface area contributed by atoms with E-state index in [0.29, 0.717) is 10.9 Å². The predicted molar refractivity (Wildman–Crippen MR) is 65.6 cm³/mol. The molecule has 4 nitrogen and oxygen atoms in total. The van der Waals surface area contributed by atoms with Crippen molar-refractivity contribution in [1.82, 2.24) is 9.97 Å². The van der Waals surface area contributed by atoms with Crippen LogP contribution in [0.25, 0.3) is 11.4 Å². The van der Waals surface area contributed by atoms with E-state index in [1.165, 1.54) is 11.8 Å². The Morgan fingerprint density at radius 3 is 2.53 bits per heavy atom. The zero-order valence-electron chi connectivity index (χ0n) is 9.08. The maximum absolute atomic E-state index is 9.68. The summed E-state index contributed by atoms with van der Waals surface area (Å²) in [5, 5.41) is 19.1. The molecular formula is C12H9N3OS. The van der Waals surface area contributed by atoms with Crippen molar-refractivity contribution in [2.24, 2.45) is 0 Å². The first-order chi connectivity index (χ1) is 8.26. The molecule has 0 saturated heterocycles. The Hall–Kier alpha value is -2.06. The van der Waals surface area contributed by atoms with Crippen molar-refractivity contribution in [3.8, 4) is 23.3 Å². The van der Waals surface area contributed by atoms with Crippen LogP contribution in [0.2, 0.25) is 0 Å². The monoisotopic (exact) mass is 243 g/mol. The van der Waals surface area contributed by atoms with E-state index in [1.807, 2.05) is 36.4 Å². The number of nitrogens with zero attached hydrogens (tertiary/aromatic N) is 3. The fraction of sp³-hybridized carbons (Fsp3) is 0.0833. The molecule has 84 valence electrons. The number of rotatable bonds is 2. The molecule has 0 radical (unpaired) electrons. The molecule has 0 aliphatic carbocycles. The van der Waals surface area contributed by atoms with Gasteiger partial charge in [-0.2, -0.15) is 10.2 Å². The van der Waals surface area contributed by atoms with Crippen molar-refractivity contribution < 1.29 is 5.11 Å². The standard InChI is InChI=1S/C12H9N3OS/c1-17-12-9(7-13)11(16)14-10(15-12)8-5-3-2-4-6-8/h2-6H,1H3,(H,14,15,16). The van der Waals surface area contributed by atoms with Crippen LogP contribution >= 0.6 is 11.8 Å². The second kappa shape index (κ2) is 4.85. The number of hydrogen-bond acceptors (Lipinski definition) is 5. The zero-order valence-corrected chi connectivity index (χ0v) is 9.90. The van der Waals surface area contributed by atoms with Gasteiger partial charge in [-0.3, -0.25) is 0 Å². The Morgan fingerprint density at radius 2 is 1.94 bits per heavy atom. The molecule has 1 aromatic carbocycles. The van der Waals surface area contributed by atoms with Crippen molar-refractivity contribution in [3.63, 3.8) is 0 Å². The Morgan fingerprint density at radius 1 is 1.24 bits per heavy atom. The van der Waals surface area contributed by atoms with Gasteiger partial charge in [0, 0.05) is 5.56 Å². The van der Waals surface area contributed by atoms with E-state index in [1.54, 1.807) is 6.26 Å². The minimum atomic E-state index is -0.272. The lowest BCUT2D eigenvalue weighted by atomic mass is 10.2. The normalized spacial score (nSPS) is 9.88. The van der Waals surface area contributed by atoms with Crippen LogP contribution in [0.3, 0.4) is 0 Å². The highest BCUT2D eigenvalue weighted by atomic mass is 32.2. The summed E-state index contributed by atoms with van der Waals surface area (Å²) in [5.41, 5.74) is 0.930. The van der Waals surface area contributed by atoms with Crippen LogP contribution < -0.4 is 0 Å². The van der Waals surface area contributed by atoms with E-state index in [2.05, 4.69) is 9.97 Å². The van der Waals surface area contributed by atoms with Crippen LogP contribution in [0.15, 0.2) is 35.4 Å². The molecule has 0 amide bonds. The summed E-state index contributed by atoms with van der Waals surface area (Å²) in [5.74, 6) is 0.150. The van der Waals surface area contributed by atoms with Gasteiger partial charge in [0.1, 0.15) is 16.7 Å². The minimum Gasteiger partial charge on any atom is -0.492 e. The molecule has 0 unspecified atom stereocenters. The minimum absolute atomic E-state index is 0.122. The molecule has 0 saturated carbocycles. The smallest absolute Gasteiger partial charge is 0.234 e. The fourth-order valence-corrected chi connectivity index (χ4v) is 1.91. The van der Waals surface area contributed by atoms with Crippen LogP contribution in [-0.4, -0.2) is 21.3 Å². The van der Waals surface area contributed by atoms with Gasteiger partial charge in [-0.1, -0.05) is 30.3 Å². The summed E-state index contributed by atoms with van der Waals surface area (Å²) in [4.78, 5) is 8.19. The molecule has 1 N–H and O–H groups in total. The van der Waals surface area contributed by atoms with E-state index >= 15 is 0 Å². The average Bonchev–Trinajstić information content (AvgIpc) is 2.38. The Balaban J connectivity index is 2.59. The lowest BCUT2D eigenvalue weighted by Crippen LogP contribution is -1.95. The Kier molecular flexibility index (Phi) is 3.26. The van der Waals surface area contributed by atoms with E-state index < -0.39 is 0 Å². The van der Waals surface area contributed by atoms with Crippen LogP contribution in [-0.2, 0) is 0 Å². The molecule has 1 aromatic heterocycles. The maximum atomic E-state index is 9.68. The summed E-state index contributed by atoms with van der Waals surface area (Å²) in [6.07, 6.45) is 1.80. The molecule has 2 aromatic rings. The number of nitriles is 1. The summed E-state index contributed by atoms with van der Waals surface area (Å²) in [6.45, 7) is 0. The molecule has 5 heteroatoms. The molecule has 0 atom stereocenters. The molecule has 1 heterocycles. The van der Waals surface area contributed by atoms with Crippen LogP contribution in [0.1, 0.15) is 5.56 Å². The van der Waals surface area contributed by atoms with Gasteiger partial charge >= 0.3 is 0 Å². The summed E-state index contributed by atoms with van der Waals surface area (Å²) < 4.78 is 0. The molecule has 0 aliphatic heterocycles. The first kappa shape index (κ1) is 11.4.